The lowest BCUT2D eigenvalue weighted by Gasteiger charge is -2.12. The van der Waals surface area contributed by atoms with Gasteiger partial charge in [-0.3, -0.25) is 0 Å². The van der Waals surface area contributed by atoms with E-state index < -0.39 is 0 Å². The average molecular weight is 285 g/mol. The molecule has 1 atom stereocenters. The van der Waals surface area contributed by atoms with E-state index in [1.165, 1.54) is 26.7 Å². The second-order valence-electron chi connectivity index (χ2n) is 4.44. The van der Waals surface area contributed by atoms with Crippen LogP contribution in [0.2, 0.25) is 0 Å². The Labute approximate surface area is 110 Å². The Bertz CT molecular complexity index is 582. The van der Waals surface area contributed by atoms with Crippen molar-refractivity contribution in [3.63, 3.8) is 0 Å². The highest BCUT2D eigenvalue weighted by Crippen LogP contribution is 2.40. The molecular weight excluding hydrogens is 272 g/mol. The molecule has 17 heavy (non-hydrogen) atoms. The maximum atomic E-state index is 3.77. The number of allylic oxidation sites excluding steroid dienone is 1. The molecule has 1 heteroatoms. The molecular formula is C16H13Br. The topological polar surface area (TPSA) is 0 Å². The van der Waals surface area contributed by atoms with Gasteiger partial charge in [0.25, 0.3) is 0 Å². The van der Waals surface area contributed by atoms with Gasteiger partial charge in [-0.25, -0.2) is 0 Å². The highest BCUT2D eigenvalue weighted by molar-refractivity contribution is 9.10. The third kappa shape index (κ3) is 1.75. The number of rotatable bonds is 1. The predicted octanol–water partition coefficient (Wildman–Crippen LogP) is 5.25. The Hall–Kier alpha value is -1.34. The van der Waals surface area contributed by atoms with E-state index in [1.807, 2.05) is 0 Å². The fourth-order valence-corrected chi connectivity index (χ4v) is 3.35. The summed E-state index contributed by atoms with van der Waals surface area (Å²) >= 11 is 3.77. The number of hydrogen-bond donors (Lipinski definition) is 0. The van der Waals surface area contributed by atoms with Crippen LogP contribution >= 0.6 is 15.9 Å². The number of fused-ring (bicyclic) bond motifs is 1. The summed E-state index contributed by atoms with van der Waals surface area (Å²) in [5.74, 6) is 0.503. The van der Waals surface area contributed by atoms with Crippen LogP contribution in [0.4, 0.5) is 0 Å². The maximum absolute atomic E-state index is 3.77. The Kier molecular flexibility index (Phi) is 2.64. The standard InChI is InChI=1S/C16H13Br/c1-11-7-8-13-9-10-14(16(17)15(11)13)12-5-3-2-4-6-12/h2-11H,1H3. The normalized spacial score (nSPS) is 17.2. The Morgan fingerprint density at radius 3 is 2.53 bits per heavy atom. The van der Waals surface area contributed by atoms with E-state index in [2.05, 4.69) is 77.5 Å². The minimum absolute atomic E-state index is 0.503. The van der Waals surface area contributed by atoms with E-state index >= 15 is 0 Å². The van der Waals surface area contributed by atoms with E-state index in [0.29, 0.717) is 5.92 Å². The Morgan fingerprint density at radius 1 is 1.00 bits per heavy atom. The molecule has 0 nitrogen and oxygen atoms in total. The monoisotopic (exact) mass is 284 g/mol. The third-order valence-corrected chi connectivity index (χ3v) is 4.17. The van der Waals surface area contributed by atoms with Crippen LogP contribution in [0.15, 0.2) is 53.0 Å². The average Bonchev–Trinajstić information content (AvgIpc) is 2.73. The largest absolute Gasteiger partial charge is 0.0766 e. The first kappa shape index (κ1) is 10.8. The molecule has 2 aromatic carbocycles. The predicted molar refractivity (Wildman–Crippen MR) is 77.0 cm³/mol. The second-order valence-corrected chi connectivity index (χ2v) is 5.24. The first-order chi connectivity index (χ1) is 8.27. The molecule has 0 saturated carbocycles. The molecule has 0 spiro atoms. The molecule has 0 heterocycles. The van der Waals surface area contributed by atoms with Crippen molar-refractivity contribution in [3.05, 3.63) is 64.1 Å². The molecule has 84 valence electrons. The van der Waals surface area contributed by atoms with Crippen molar-refractivity contribution < 1.29 is 0 Å². The lowest BCUT2D eigenvalue weighted by molar-refractivity contribution is 0.983. The van der Waals surface area contributed by atoms with Crippen LogP contribution in [0.3, 0.4) is 0 Å². The van der Waals surface area contributed by atoms with Gasteiger partial charge in [-0.2, -0.15) is 0 Å². The van der Waals surface area contributed by atoms with Crippen molar-refractivity contribution in [3.8, 4) is 11.1 Å². The lowest BCUT2D eigenvalue weighted by atomic mass is 9.96. The molecule has 0 radical (unpaired) electrons. The molecule has 1 aliphatic rings. The van der Waals surface area contributed by atoms with Gasteiger partial charge in [-0.05, 0) is 38.2 Å². The summed E-state index contributed by atoms with van der Waals surface area (Å²) < 4.78 is 1.23. The molecule has 0 aromatic heterocycles. The fraction of sp³-hybridized carbons (Fsp3) is 0.125. The van der Waals surface area contributed by atoms with Crippen LogP contribution in [0.25, 0.3) is 17.2 Å². The molecule has 0 saturated heterocycles. The van der Waals surface area contributed by atoms with Gasteiger partial charge in [-0.1, -0.05) is 61.5 Å². The number of benzene rings is 2. The van der Waals surface area contributed by atoms with Crippen LogP contribution in [-0.2, 0) is 0 Å². The zero-order valence-corrected chi connectivity index (χ0v) is 11.2. The fourth-order valence-electron chi connectivity index (χ4n) is 2.40. The van der Waals surface area contributed by atoms with E-state index in [4.69, 9.17) is 0 Å². The second kappa shape index (κ2) is 4.15. The molecule has 0 fully saturated rings. The highest BCUT2D eigenvalue weighted by Gasteiger charge is 2.18. The van der Waals surface area contributed by atoms with Gasteiger partial charge in [0, 0.05) is 10.4 Å². The van der Waals surface area contributed by atoms with Crippen LogP contribution in [0, 0.1) is 0 Å². The number of hydrogen-bond acceptors (Lipinski definition) is 0. The van der Waals surface area contributed by atoms with Gasteiger partial charge in [0.15, 0.2) is 0 Å². The van der Waals surface area contributed by atoms with Gasteiger partial charge in [-0.15, -0.1) is 0 Å². The van der Waals surface area contributed by atoms with Crippen molar-refractivity contribution in [2.75, 3.05) is 0 Å². The van der Waals surface area contributed by atoms with Crippen LogP contribution < -0.4 is 0 Å². The van der Waals surface area contributed by atoms with Crippen LogP contribution in [-0.4, -0.2) is 0 Å². The minimum Gasteiger partial charge on any atom is -0.0766 e. The highest BCUT2D eigenvalue weighted by atomic mass is 79.9. The lowest BCUT2D eigenvalue weighted by Crippen LogP contribution is -1.92. The summed E-state index contributed by atoms with van der Waals surface area (Å²) in [6.07, 6.45) is 4.46. The zero-order chi connectivity index (χ0) is 11.8. The van der Waals surface area contributed by atoms with Crippen LogP contribution in [0.1, 0.15) is 24.0 Å². The van der Waals surface area contributed by atoms with Crippen molar-refractivity contribution >= 4 is 22.0 Å². The van der Waals surface area contributed by atoms with Gasteiger partial charge in [0.2, 0.25) is 0 Å². The van der Waals surface area contributed by atoms with Crippen molar-refractivity contribution in [1.29, 1.82) is 0 Å². The van der Waals surface area contributed by atoms with Gasteiger partial charge >= 0.3 is 0 Å². The third-order valence-electron chi connectivity index (χ3n) is 3.32. The molecule has 2 aromatic rings. The molecule has 0 amide bonds. The maximum Gasteiger partial charge on any atom is 0.0297 e. The van der Waals surface area contributed by atoms with Crippen molar-refractivity contribution in [1.82, 2.24) is 0 Å². The molecule has 1 unspecified atom stereocenters. The first-order valence-electron chi connectivity index (χ1n) is 5.83. The molecule has 0 aliphatic heterocycles. The summed E-state index contributed by atoms with van der Waals surface area (Å²) in [5.41, 5.74) is 5.29. The van der Waals surface area contributed by atoms with E-state index in [-0.39, 0.29) is 0 Å². The van der Waals surface area contributed by atoms with E-state index in [1.54, 1.807) is 0 Å². The molecule has 0 N–H and O–H groups in total. The summed E-state index contributed by atoms with van der Waals surface area (Å²) in [5, 5.41) is 0. The first-order valence-corrected chi connectivity index (χ1v) is 6.62. The Morgan fingerprint density at radius 2 is 1.76 bits per heavy atom. The van der Waals surface area contributed by atoms with Gasteiger partial charge in [0.1, 0.15) is 0 Å². The Balaban J connectivity index is 2.19. The quantitative estimate of drug-likeness (QED) is 0.671. The minimum atomic E-state index is 0.503. The van der Waals surface area contributed by atoms with Crippen molar-refractivity contribution in [2.45, 2.75) is 12.8 Å². The smallest absolute Gasteiger partial charge is 0.0297 e. The van der Waals surface area contributed by atoms with E-state index in [0.717, 1.165) is 0 Å². The van der Waals surface area contributed by atoms with Crippen LogP contribution in [0.5, 0.6) is 0 Å². The summed E-state index contributed by atoms with van der Waals surface area (Å²) in [6, 6.07) is 14.9. The van der Waals surface area contributed by atoms with E-state index in [9.17, 15) is 0 Å². The number of halogens is 1. The summed E-state index contributed by atoms with van der Waals surface area (Å²) in [7, 11) is 0. The zero-order valence-electron chi connectivity index (χ0n) is 9.65. The van der Waals surface area contributed by atoms with Gasteiger partial charge in [0.05, 0.1) is 0 Å². The van der Waals surface area contributed by atoms with Gasteiger partial charge < -0.3 is 0 Å². The SMILES string of the molecule is CC1C=Cc2ccc(-c3ccccc3)c(Br)c21. The molecule has 0 bridgehead atoms. The molecule has 3 rings (SSSR count). The molecule has 1 aliphatic carbocycles. The summed E-state index contributed by atoms with van der Waals surface area (Å²) in [4.78, 5) is 0. The van der Waals surface area contributed by atoms with Crippen molar-refractivity contribution in [2.24, 2.45) is 0 Å². The summed E-state index contributed by atoms with van der Waals surface area (Å²) in [6.45, 7) is 2.24.